The Balaban J connectivity index is -0.000000312. The van der Waals surface area contributed by atoms with E-state index in [9.17, 15) is 0 Å². The first-order chi connectivity index (χ1) is 43.9. The van der Waals surface area contributed by atoms with Crippen LogP contribution in [0.25, 0.3) is 56.4 Å². The predicted molar refractivity (Wildman–Crippen MR) is 380 cm³/mol. The molecule has 0 radical (unpaired) electrons. The lowest BCUT2D eigenvalue weighted by molar-refractivity contribution is -0.721. The summed E-state index contributed by atoms with van der Waals surface area (Å²) in [6.07, 6.45) is 31.1. The van der Waals surface area contributed by atoms with Gasteiger partial charge in [0.05, 0.1) is 71.0 Å². The second kappa shape index (κ2) is 60.4. The van der Waals surface area contributed by atoms with Crippen LogP contribution in [0.1, 0.15) is 167 Å². The summed E-state index contributed by atoms with van der Waals surface area (Å²) < 4.78 is 9.81. The van der Waals surface area contributed by atoms with Crippen LogP contribution in [0.15, 0.2) is 184 Å². The first-order valence-electron chi connectivity index (χ1n) is 32.5. The molecular weight excluding hydrogens is 1110 g/mol. The predicted octanol–water partition coefficient (Wildman–Crippen LogP) is 16.6. The van der Waals surface area contributed by atoms with Crippen LogP contribution in [-0.4, -0.2) is 50.1 Å². The monoisotopic (exact) mass is 1230 g/mol. The van der Waals surface area contributed by atoms with Crippen molar-refractivity contribution in [1.29, 1.82) is 0 Å². The Morgan fingerprint density at radius 3 is 1.09 bits per heavy atom. The Morgan fingerprint density at radius 1 is 0.267 bits per heavy atom. The van der Waals surface area contributed by atoms with Gasteiger partial charge in [0.15, 0.2) is 32.8 Å². The van der Waals surface area contributed by atoms with Crippen molar-refractivity contribution in [2.75, 3.05) is 0 Å². The summed E-state index contributed by atoms with van der Waals surface area (Å²) in [5.74, 6) is 0.965. The molecule has 0 aliphatic rings. The van der Waals surface area contributed by atoms with Gasteiger partial charge in [0, 0.05) is 78.9 Å². The van der Waals surface area contributed by atoms with Gasteiger partial charge in [0.1, 0.15) is 26.5 Å². The summed E-state index contributed by atoms with van der Waals surface area (Å²) in [5.41, 5.74) is 15.6. The van der Waals surface area contributed by atoms with Crippen LogP contribution in [0.5, 0.6) is 0 Å². The molecule has 15 heteroatoms. The molecule has 0 atom stereocenters. The van der Waals surface area contributed by atoms with E-state index in [1.54, 1.807) is 54.3 Å². The Bertz CT molecular complexity index is 2550. The number of hydrogen-bond acceptors (Lipinski definition) is 10. The number of hydrogen-bond donors (Lipinski definition) is 0. The molecule has 0 spiro atoms. The summed E-state index contributed by atoms with van der Waals surface area (Å²) in [6, 6.07) is 26.0. The number of aromatic nitrogens is 15. The smallest absolute Gasteiger partial charge is 0.264 e. The van der Waals surface area contributed by atoms with Gasteiger partial charge in [-0.25, -0.2) is 14.1 Å². The van der Waals surface area contributed by atoms with Crippen LogP contribution < -0.4 is 23.1 Å². The highest BCUT2D eigenvalue weighted by atomic mass is 15.3. The van der Waals surface area contributed by atoms with E-state index in [1.165, 1.54) is 28.7 Å². The van der Waals surface area contributed by atoms with Gasteiger partial charge in [-0.15, -0.1) is 0 Å². The average Bonchev–Trinajstić information content (AvgIpc) is 2.35. The van der Waals surface area contributed by atoms with E-state index in [0.29, 0.717) is 0 Å². The molecule has 10 aromatic heterocycles. The van der Waals surface area contributed by atoms with Gasteiger partial charge in [0.2, 0.25) is 17.1 Å². The van der Waals surface area contributed by atoms with Crippen molar-refractivity contribution < 1.29 is 23.1 Å². The summed E-state index contributed by atoms with van der Waals surface area (Å²) >= 11 is 0. The summed E-state index contributed by atoms with van der Waals surface area (Å²) in [6.45, 7) is 50.1. The molecular formula is C75H120N15+5. The molecule has 0 saturated heterocycles. The topological polar surface area (TPSA) is 148 Å². The number of rotatable bonds is 5. The summed E-state index contributed by atoms with van der Waals surface area (Å²) in [5, 5.41) is 8.26. The standard InChI is InChI=1S/C12H13N2.3C11H12N3.C10H11N4.10C2H6/c1-10-9-13-7-6-11(10)12-5-3-4-8-14(12)2;1-9-8-12-6-4-10(9)11-13-5-3-7-14(11)2;1-9-10(5-3-7-12-9)11-6-4-8-13-14(11)2;1-9-7-12-4-3-10(9)11-8-13-5-6-14(11)2;1-8-9(4-3-5-12-8)10-6-11-7-13-14(10)2;10*1-2/h3-9H,1-2H3;3*3-8H,1-2H3;3-7H,1-2H3;10*1-2H3/q5*+1;;;;;;;;;;. The van der Waals surface area contributed by atoms with Crippen molar-refractivity contribution in [3.63, 3.8) is 0 Å². The minimum Gasteiger partial charge on any atom is -0.264 e. The normalized spacial score (nSPS) is 8.56. The Labute approximate surface area is 547 Å². The van der Waals surface area contributed by atoms with Crippen molar-refractivity contribution >= 4 is 0 Å². The fourth-order valence-corrected chi connectivity index (χ4v) is 7.25. The van der Waals surface area contributed by atoms with Crippen LogP contribution in [-0.2, 0) is 35.2 Å². The zero-order chi connectivity index (χ0) is 69.8. The molecule has 10 rings (SSSR count). The van der Waals surface area contributed by atoms with Crippen LogP contribution in [0.2, 0.25) is 0 Å². The van der Waals surface area contributed by atoms with E-state index in [4.69, 9.17) is 0 Å². The van der Waals surface area contributed by atoms with Crippen molar-refractivity contribution in [3.05, 3.63) is 212 Å². The molecule has 0 aromatic carbocycles. The first kappa shape index (κ1) is 89.9. The maximum absolute atomic E-state index is 4.34. The average molecular weight is 1230 g/mol. The lowest BCUT2D eigenvalue weighted by atomic mass is 10.1. The van der Waals surface area contributed by atoms with Gasteiger partial charge >= 0.3 is 5.82 Å². The number of pyridine rings is 6. The van der Waals surface area contributed by atoms with Crippen LogP contribution in [0.3, 0.4) is 0 Å². The third kappa shape index (κ3) is 32.9. The lowest BCUT2D eigenvalue weighted by Gasteiger charge is -2.02. The zero-order valence-electron chi connectivity index (χ0n) is 61.5. The van der Waals surface area contributed by atoms with E-state index in [-0.39, 0.29) is 0 Å². The van der Waals surface area contributed by atoms with Gasteiger partial charge in [-0.05, 0) is 116 Å². The fraction of sp³-hybridized carbons (Fsp3) is 0.400. The van der Waals surface area contributed by atoms with E-state index in [1.807, 2.05) is 301 Å². The summed E-state index contributed by atoms with van der Waals surface area (Å²) in [7, 11) is 9.87. The molecule has 0 amide bonds. The van der Waals surface area contributed by atoms with E-state index in [2.05, 4.69) is 104 Å². The first-order valence-corrected chi connectivity index (χ1v) is 32.5. The minimum atomic E-state index is 0.965. The van der Waals surface area contributed by atoms with Crippen molar-refractivity contribution in [2.45, 2.75) is 173 Å². The maximum Gasteiger partial charge on any atom is 0.330 e. The second-order valence-corrected chi connectivity index (χ2v) is 16.1. The van der Waals surface area contributed by atoms with E-state index >= 15 is 0 Å². The second-order valence-electron chi connectivity index (χ2n) is 16.1. The molecule has 0 unspecified atom stereocenters. The number of aryl methyl sites for hydroxylation is 10. The van der Waals surface area contributed by atoms with E-state index in [0.717, 1.165) is 62.1 Å². The van der Waals surface area contributed by atoms with Crippen molar-refractivity contribution in [2.24, 2.45) is 35.2 Å². The molecule has 490 valence electrons. The van der Waals surface area contributed by atoms with Crippen LogP contribution >= 0.6 is 0 Å². The van der Waals surface area contributed by atoms with Gasteiger partial charge in [-0.3, -0.25) is 29.9 Å². The van der Waals surface area contributed by atoms with Crippen molar-refractivity contribution in [1.82, 2.24) is 50.1 Å². The highest BCUT2D eigenvalue weighted by Gasteiger charge is 2.16. The molecule has 15 nitrogen and oxygen atoms in total. The minimum absolute atomic E-state index is 0.965. The molecule has 90 heavy (non-hydrogen) atoms. The molecule has 0 saturated carbocycles. The third-order valence-electron chi connectivity index (χ3n) is 11.1. The Morgan fingerprint density at radius 2 is 0.656 bits per heavy atom. The Kier molecular flexibility index (Phi) is 60.4. The molecule has 0 aliphatic heterocycles. The van der Waals surface area contributed by atoms with E-state index < -0.39 is 0 Å². The molecule has 0 fully saturated rings. The quantitative estimate of drug-likeness (QED) is 0.152. The van der Waals surface area contributed by atoms with Gasteiger partial charge in [-0.1, -0.05) is 148 Å². The van der Waals surface area contributed by atoms with Gasteiger partial charge in [-0.2, -0.15) is 4.57 Å². The molecule has 10 aromatic rings. The van der Waals surface area contributed by atoms with Crippen LogP contribution in [0.4, 0.5) is 0 Å². The Hall–Kier alpha value is -8.85. The maximum atomic E-state index is 4.34. The molecule has 0 bridgehead atoms. The third-order valence-corrected chi connectivity index (χ3v) is 11.1. The lowest BCUT2D eigenvalue weighted by Crippen LogP contribution is -2.35. The molecule has 10 heterocycles. The zero-order valence-corrected chi connectivity index (χ0v) is 61.5. The van der Waals surface area contributed by atoms with Crippen LogP contribution in [0, 0.1) is 34.6 Å². The largest absolute Gasteiger partial charge is 0.330 e. The van der Waals surface area contributed by atoms with Gasteiger partial charge in [0.25, 0.3) is 5.69 Å². The fourth-order valence-electron chi connectivity index (χ4n) is 7.25. The SMILES string of the molecule is CC.CC.CC.CC.CC.CC.CC.CC.CC.CC.Cc1cnccc1-c1cccc[n+]1C.Cc1cnccc1-c1cncc[n+]1C.Cc1cnccc1-c1nccc[n+]1C.Cc1ncccc1-c1cccn[n+]1C.Cc1ncccc1-c1cncn[n+]1C. The van der Waals surface area contributed by atoms with Gasteiger partial charge < -0.3 is 0 Å². The molecule has 0 N–H and O–H groups in total. The number of nitrogens with zero attached hydrogens (tertiary/aromatic N) is 15. The highest BCUT2D eigenvalue weighted by molar-refractivity contribution is 5.61. The highest BCUT2D eigenvalue weighted by Crippen LogP contribution is 2.20. The molecule has 0 aliphatic carbocycles. The summed E-state index contributed by atoms with van der Waals surface area (Å²) in [4.78, 5) is 33.2. The van der Waals surface area contributed by atoms with Crippen molar-refractivity contribution in [3.8, 4) is 56.4 Å².